The van der Waals surface area contributed by atoms with Gasteiger partial charge in [-0.05, 0) is 23.6 Å². The van der Waals surface area contributed by atoms with Gasteiger partial charge in [0.05, 0.1) is 17.2 Å². The number of carbonyl (C=O) groups is 1. The normalized spacial score (nSPS) is 11.2. The van der Waals surface area contributed by atoms with Crippen LogP contribution >= 0.6 is 11.3 Å². The smallest absolute Gasteiger partial charge is 0.408 e. The summed E-state index contributed by atoms with van der Waals surface area (Å²) in [6.07, 6.45) is 1.47. The molecule has 1 aromatic carbocycles. The molecule has 0 fully saturated rings. The predicted molar refractivity (Wildman–Crippen MR) is 97.4 cm³/mol. The molecule has 0 unspecified atom stereocenters. The first-order valence-electron chi connectivity index (χ1n) is 7.91. The van der Waals surface area contributed by atoms with Crippen LogP contribution < -0.4 is 16.6 Å². The largest absolute Gasteiger partial charge is 0.420 e. The SMILES string of the molecule is O=C(Cn1c(=O)oc2ccccc21)NCCn1cnc2sccc2c1=O. The molecule has 0 saturated carbocycles. The van der Waals surface area contributed by atoms with E-state index in [1.165, 1.54) is 26.8 Å². The van der Waals surface area contributed by atoms with Gasteiger partial charge in [0.1, 0.15) is 11.4 Å². The Hall–Kier alpha value is -3.20. The summed E-state index contributed by atoms with van der Waals surface area (Å²) in [5.74, 6) is -0.916. The summed E-state index contributed by atoms with van der Waals surface area (Å²) >= 11 is 1.41. The minimum Gasteiger partial charge on any atom is -0.408 e. The van der Waals surface area contributed by atoms with Crippen molar-refractivity contribution in [1.82, 2.24) is 19.4 Å². The molecule has 9 heteroatoms. The third kappa shape index (κ3) is 2.93. The van der Waals surface area contributed by atoms with Gasteiger partial charge in [0.2, 0.25) is 5.91 Å². The Labute approximate surface area is 150 Å². The zero-order valence-electron chi connectivity index (χ0n) is 13.5. The second kappa shape index (κ2) is 6.60. The molecule has 1 N–H and O–H groups in total. The summed E-state index contributed by atoms with van der Waals surface area (Å²) in [5.41, 5.74) is 0.866. The number of para-hydroxylation sites is 2. The molecule has 0 aliphatic carbocycles. The quantitative estimate of drug-likeness (QED) is 0.569. The number of thiophene rings is 1. The van der Waals surface area contributed by atoms with Crippen LogP contribution in [-0.2, 0) is 17.9 Å². The van der Waals surface area contributed by atoms with E-state index >= 15 is 0 Å². The number of hydrogen-bond acceptors (Lipinski definition) is 6. The Bertz CT molecular complexity index is 1220. The van der Waals surface area contributed by atoms with Gasteiger partial charge in [-0.2, -0.15) is 0 Å². The van der Waals surface area contributed by atoms with E-state index in [0.29, 0.717) is 27.9 Å². The number of amides is 1. The van der Waals surface area contributed by atoms with E-state index in [-0.39, 0.29) is 24.6 Å². The van der Waals surface area contributed by atoms with Crippen molar-refractivity contribution in [2.45, 2.75) is 13.1 Å². The van der Waals surface area contributed by atoms with E-state index in [4.69, 9.17) is 4.42 Å². The van der Waals surface area contributed by atoms with Crippen molar-refractivity contribution in [3.63, 3.8) is 0 Å². The number of fused-ring (bicyclic) bond motifs is 2. The van der Waals surface area contributed by atoms with Gasteiger partial charge in [-0.3, -0.25) is 18.7 Å². The van der Waals surface area contributed by atoms with Crippen LogP contribution in [0.15, 0.2) is 56.0 Å². The van der Waals surface area contributed by atoms with Crippen LogP contribution in [0.4, 0.5) is 0 Å². The minimum atomic E-state index is -0.579. The van der Waals surface area contributed by atoms with Crippen LogP contribution in [-0.4, -0.2) is 26.6 Å². The first-order chi connectivity index (χ1) is 12.6. The lowest BCUT2D eigenvalue weighted by Crippen LogP contribution is -2.34. The van der Waals surface area contributed by atoms with Gasteiger partial charge in [-0.1, -0.05) is 12.1 Å². The molecule has 4 rings (SSSR count). The monoisotopic (exact) mass is 370 g/mol. The zero-order chi connectivity index (χ0) is 18.1. The number of hydrogen-bond donors (Lipinski definition) is 1. The maximum atomic E-state index is 12.3. The third-order valence-electron chi connectivity index (χ3n) is 4.00. The fraction of sp³-hybridized carbons (Fsp3) is 0.176. The average molecular weight is 370 g/mol. The molecule has 0 saturated heterocycles. The maximum Gasteiger partial charge on any atom is 0.420 e. The fourth-order valence-corrected chi connectivity index (χ4v) is 3.45. The van der Waals surface area contributed by atoms with E-state index in [2.05, 4.69) is 10.3 Å². The molecule has 0 spiro atoms. The lowest BCUT2D eigenvalue weighted by Gasteiger charge is -2.07. The number of nitrogens with one attached hydrogen (secondary N) is 1. The summed E-state index contributed by atoms with van der Waals surface area (Å²) in [6, 6.07) is 8.65. The lowest BCUT2D eigenvalue weighted by atomic mass is 10.3. The van der Waals surface area contributed by atoms with Crippen LogP contribution in [0.25, 0.3) is 21.3 Å². The number of benzene rings is 1. The molecule has 8 nitrogen and oxygen atoms in total. The number of aromatic nitrogens is 3. The minimum absolute atomic E-state index is 0.137. The summed E-state index contributed by atoms with van der Waals surface area (Å²) in [6.45, 7) is 0.400. The Kier molecular flexibility index (Phi) is 4.13. The van der Waals surface area contributed by atoms with E-state index in [0.717, 1.165) is 0 Å². The summed E-state index contributed by atoms with van der Waals surface area (Å²) in [5, 5.41) is 5.09. The number of nitrogens with zero attached hydrogens (tertiary/aromatic N) is 3. The number of rotatable bonds is 5. The average Bonchev–Trinajstić information content (AvgIpc) is 3.22. The predicted octanol–water partition coefficient (Wildman–Crippen LogP) is 1.18. The van der Waals surface area contributed by atoms with Crippen LogP contribution in [0, 0.1) is 0 Å². The van der Waals surface area contributed by atoms with Gasteiger partial charge in [0.25, 0.3) is 5.56 Å². The molecule has 0 aliphatic heterocycles. The summed E-state index contributed by atoms with van der Waals surface area (Å²) < 4.78 is 7.82. The molecule has 1 amide bonds. The van der Waals surface area contributed by atoms with Crippen molar-refractivity contribution in [3.8, 4) is 0 Å². The fourth-order valence-electron chi connectivity index (χ4n) is 2.73. The Morgan fingerprint density at radius 1 is 1.23 bits per heavy atom. The standard InChI is InChI=1S/C17H14N4O4S/c22-14(9-21-12-3-1-2-4-13(12)25-17(21)24)18-6-7-20-10-19-15-11(16(20)23)5-8-26-15/h1-5,8,10H,6-7,9H2,(H,18,22). The zero-order valence-corrected chi connectivity index (χ0v) is 14.4. The van der Waals surface area contributed by atoms with Crippen molar-refractivity contribution in [3.05, 3.63) is 62.9 Å². The number of oxazole rings is 1. The highest BCUT2D eigenvalue weighted by Gasteiger charge is 2.12. The van der Waals surface area contributed by atoms with Crippen LogP contribution in [0.3, 0.4) is 0 Å². The third-order valence-corrected chi connectivity index (χ3v) is 4.82. The molecule has 3 heterocycles. The second-order valence-corrected chi connectivity index (χ2v) is 6.55. The van der Waals surface area contributed by atoms with E-state index in [1.807, 2.05) is 5.38 Å². The maximum absolute atomic E-state index is 12.3. The molecule has 4 aromatic rings. The molecule has 3 aromatic heterocycles. The number of carbonyl (C=O) groups excluding carboxylic acids is 1. The first kappa shape index (κ1) is 16.3. The highest BCUT2D eigenvalue weighted by atomic mass is 32.1. The molecule has 0 radical (unpaired) electrons. The van der Waals surface area contributed by atoms with E-state index in [9.17, 15) is 14.4 Å². The molecular weight excluding hydrogens is 356 g/mol. The molecule has 0 atom stereocenters. The van der Waals surface area contributed by atoms with Gasteiger partial charge >= 0.3 is 5.76 Å². The van der Waals surface area contributed by atoms with Crippen LogP contribution in [0.5, 0.6) is 0 Å². The Morgan fingerprint density at radius 2 is 2.08 bits per heavy atom. The van der Waals surface area contributed by atoms with Gasteiger partial charge < -0.3 is 9.73 Å². The van der Waals surface area contributed by atoms with E-state index in [1.54, 1.807) is 30.3 Å². The van der Waals surface area contributed by atoms with Crippen molar-refractivity contribution in [2.24, 2.45) is 0 Å². The van der Waals surface area contributed by atoms with Crippen molar-refractivity contribution >= 4 is 38.6 Å². The highest BCUT2D eigenvalue weighted by molar-refractivity contribution is 7.16. The van der Waals surface area contributed by atoms with Gasteiger partial charge in [-0.15, -0.1) is 11.3 Å². The molecule has 132 valence electrons. The Balaban J connectivity index is 1.42. The van der Waals surface area contributed by atoms with Crippen LogP contribution in [0.2, 0.25) is 0 Å². The van der Waals surface area contributed by atoms with Crippen molar-refractivity contribution in [2.75, 3.05) is 6.54 Å². The second-order valence-electron chi connectivity index (χ2n) is 5.65. The van der Waals surface area contributed by atoms with Gasteiger partial charge in [0.15, 0.2) is 5.58 Å². The van der Waals surface area contributed by atoms with Gasteiger partial charge in [0, 0.05) is 13.1 Å². The first-order valence-corrected chi connectivity index (χ1v) is 8.79. The topological polar surface area (TPSA) is 99.1 Å². The molecular formula is C17H14N4O4S. The summed E-state index contributed by atoms with van der Waals surface area (Å²) in [4.78, 5) is 41.2. The summed E-state index contributed by atoms with van der Waals surface area (Å²) in [7, 11) is 0. The van der Waals surface area contributed by atoms with E-state index < -0.39 is 5.76 Å². The van der Waals surface area contributed by atoms with Crippen LogP contribution in [0.1, 0.15) is 0 Å². The molecule has 26 heavy (non-hydrogen) atoms. The molecule has 0 bridgehead atoms. The lowest BCUT2D eigenvalue weighted by molar-refractivity contribution is -0.121. The Morgan fingerprint density at radius 3 is 2.96 bits per heavy atom. The van der Waals surface area contributed by atoms with Crippen molar-refractivity contribution < 1.29 is 9.21 Å². The van der Waals surface area contributed by atoms with Crippen molar-refractivity contribution in [1.29, 1.82) is 0 Å². The highest BCUT2D eigenvalue weighted by Crippen LogP contribution is 2.13. The molecule has 0 aliphatic rings. The van der Waals surface area contributed by atoms with Gasteiger partial charge in [-0.25, -0.2) is 9.78 Å².